The van der Waals surface area contributed by atoms with Crippen LogP contribution in [-0.4, -0.2) is 31.2 Å². The summed E-state index contributed by atoms with van der Waals surface area (Å²) in [7, 11) is -1.54. The third-order valence-corrected chi connectivity index (χ3v) is 5.68. The summed E-state index contributed by atoms with van der Waals surface area (Å²) in [6, 6.07) is 4.75. The average molecular weight is 443 g/mol. The van der Waals surface area contributed by atoms with E-state index in [2.05, 4.69) is 5.32 Å². The molecule has 0 heterocycles. The standard InChI is InChI=1S/C21H28F2NO5P/c1-11(2)16-10-15(9-14-7-8-17(22)19(23)18(14)16)29-30(26)21(27-6)24-13(5)20(25)28-12(3)4/h7-13,21,24,30H,1-6H3/t13-,21?/m0/s1. The molecule has 0 aromatic heterocycles. The molecule has 30 heavy (non-hydrogen) atoms. The first kappa shape index (κ1) is 24.3. The number of carbonyl (C=O) groups excluding carboxylic acids is 1. The molecule has 0 aliphatic rings. The number of halogens is 2. The molecule has 1 N–H and O–H groups in total. The van der Waals surface area contributed by atoms with Crippen molar-refractivity contribution >= 4 is 24.8 Å². The zero-order valence-electron chi connectivity index (χ0n) is 17.9. The molecule has 0 saturated carbocycles. The van der Waals surface area contributed by atoms with Crippen LogP contribution in [-0.2, 0) is 18.8 Å². The maximum Gasteiger partial charge on any atom is 0.323 e. The van der Waals surface area contributed by atoms with E-state index in [0.717, 1.165) is 6.07 Å². The molecule has 9 heteroatoms. The fraction of sp³-hybridized carbons (Fsp3) is 0.476. The first-order chi connectivity index (χ1) is 14.0. The second-order valence-electron chi connectivity index (χ2n) is 7.54. The van der Waals surface area contributed by atoms with Crippen LogP contribution in [0.4, 0.5) is 8.78 Å². The molecule has 2 unspecified atom stereocenters. The van der Waals surface area contributed by atoms with Gasteiger partial charge in [0, 0.05) is 12.5 Å². The molecular weight excluding hydrogens is 415 g/mol. The van der Waals surface area contributed by atoms with Gasteiger partial charge in [0.25, 0.3) is 8.03 Å². The highest BCUT2D eigenvalue weighted by molar-refractivity contribution is 7.40. The highest BCUT2D eigenvalue weighted by Gasteiger charge is 2.25. The lowest BCUT2D eigenvalue weighted by Crippen LogP contribution is -2.42. The zero-order chi connectivity index (χ0) is 22.6. The quantitative estimate of drug-likeness (QED) is 0.336. The summed E-state index contributed by atoms with van der Waals surface area (Å²) in [5.74, 6) is -3.30. The Morgan fingerprint density at radius 3 is 2.33 bits per heavy atom. The molecule has 0 fully saturated rings. The lowest BCUT2D eigenvalue weighted by molar-refractivity contribution is -0.150. The predicted octanol–water partition coefficient (Wildman–Crippen LogP) is 4.95. The van der Waals surface area contributed by atoms with Crippen LogP contribution in [0, 0.1) is 11.6 Å². The molecule has 0 bridgehead atoms. The van der Waals surface area contributed by atoms with Gasteiger partial charge in [-0.25, -0.2) is 8.78 Å². The molecule has 0 aliphatic carbocycles. The van der Waals surface area contributed by atoms with Crippen molar-refractivity contribution in [1.82, 2.24) is 5.32 Å². The van der Waals surface area contributed by atoms with Crippen molar-refractivity contribution in [3.63, 3.8) is 0 Å². The van der Waals surface area contributed by atoms with Crippen molar-refractivity contribution in [1.29, 1.82) is 0 Å². The third kappa shape index (κ3) is 5.78. The van der Waals surface area contributed by atoms with Gasteiger partial charge in [0.05, 0.1) is 6.10 Å². The molecule has 0 amide bonds. The van der Waals surface area contributed by atoms with Gasteiger partial charge in [0.2, 0.25) is 0 Å². The Morgan fingerprint density at radius 1 is 1.10 bits per heavy atom. The Bertz CT molecular complexity index is 935. The number of nitrogens with one attached hydrogen (secondary N) is 1. The van der Waals surface area contributed by atoms with Crippen molar-refractivity contribution in [2.45, 2.75) is 58.7 Å². The number of fused-ring (bicyclic) bond motifs is 1. The number of carbonyl (C=O) groups is 1. The summed E-state index contributed by atoms with van der Waals surface area (Å²) >= 11 is 0. The van der Waals surface area contributed by atoms with E-state index >= 15 is 0 Å². The van der Waals surface area contributed by atoms with Crippen molar-refractivity contribution in [2.75, 3.05) is 7.11 Å². The molecule has 2 aromatic rings. The number of ether oxygens (including phenoxy) is 2. The van der Waals surface area contributed by atoms with Crippen molar-refractivity contribution in [3.05, 3.63) is 41.5 Å². The number of hydrogen-bond donors (Lipinski definition) is 1. The summed E-state index contributed by atoms with van der Waals surface area (Å²) in [5, 5.41) is 3.39. The van der Waals surface area contributed by atoms with Crippen molar-refractivity contribution < 1.29 is 32.1 Å². The molecule has 0 radical (unpaired) electrons. The van der Waals surface area contributed by atoms with Gasteiger partial charge in [-0.1, -0.05) is 19.9 Å². The van der Waals surface area contributed by atoms with Crippen LogP contribution >= 0.6 is 8.03 Å². The minimum Gasteiger partial charge on any atom is -0.462 e. The Labute approximate surface area is 175 Å². The zero-order valence-corrected chi connectivity index (χ0v) is 18.9. The molecule has 2 aromatic carbocycles. The molecule has 3 atom stereocenters. The van der Waals surface area contributed by atoms with Crippen LogP contribution in [0.1, 0.15) is 46.1 Å². The van der Waals surface area contributed by atoms with E-state index in [-0.39, 0.29) is 23.2 Å². The van der Waals surface area contributed by atoms with Crippen LogP contribution in [0.15, 0.2) is 24.3 Å². The second-order valence-corrected chi connectivity index (χ2v) is 8.90. The summed E-state index contributed by atoms with van der Waals surface area (Å²) in [4.78, 5) is 12.0. The van der Waals surface area contributed by atoms with E-state index in [0.29, 0.717) is 10.9 Å². The molecular formula is C21H28F2NO5P. The van der Waals surface area contributed by atoms with Crippen molar-refractivity contribution in [3.8, 4) is 5.75 Å². The number of benzene rings is 2. The molecule has 0 aliphatic heterocycles. The molecule has 0 saturated heterocycles. The van der Waals surface area contributed by atoms with Crippen LogP contribution < -0.4 is 9.84 Å². The largest absolute Gasteiger partial charge is 0.462 e. The summed E-state index contributed by atoms with van der Waals surface area (Å²) in [6.45, 7) is 8.70. The first-order valence-corrected chi connectivity index (χ1v) is 11.1. The first-order valence-electron chi connectivity index (χ1n) is 9.67. The molecule has 6 nitrogen and oxygen atoms in total. The highest BCUT2D eigenvalue weighted by atomic mass is 31.1. The normalized spacial score (nSPS) is 14.7. The third-order valence-electron chi connectivity index (χ3n) is 4.41. The lowest BCUT2D eigenvalue weighted by Gasteiger charge is -2.22. The maximum atomic E-state index is 14.4. The SMILES string of the molecule is COC(N[C@@H](C)C(=O)OC(C)C)[PH](=O)Oc1cc(C(C)C)c2c(F)c(F)ccc2c1. The van der Waals surface area contributed by atoms with Gasteiger partial charge in [-0.15, -0.1) is 0 Å². The Morgan fingerprint density at radius 2 is 1.77 bits per heavy atom. The number of methoxy groups -OCH3 is 1. The van der Waals surface area contributed by atoms with Gasteiger partial charge in [-0.2, -0.15) is 0 Å². The number of rotatable bonds is 9. The Balaban J connectivity index is 2.26. The van der Waals surface area contributed by atoms with Gasteiger partial charge in [-0.05, 0) is 55.8 Å². The number of esters is 1. The summed E-state index contributed by atoms with van der Waals surface area (Å²) in [5.41, 5.74) is 0.533. The average Bonchev–Trinajstić information content (AvgIpc) is 2.67. The van der Waals surface area contributed by atoms with Gasteiger partial charge < -0.3 is 14.0 Å². The molecule has 0 spiro atoms. The van der Waals surface area contributed by atoms with Gasteiger partial charge in [-0.3, -0.25) is 14.7 Å². The van der Waals surface area contributed by atoms with Gasteiger partial charge in [0.1, 0.15) is 11.8 Å². The minimum atomic E-state index is -2.87. The van der Waals surface area contributed by atoms with E-state index in [1.807, 2.05) is 13.8 Å². The summed E-state index contributed by atoms with van der Waals surface area (Å²) in [6.07, 6.45) is -0.284. The van der Waals surface area contributed by atoms with E-state index in [1.165, 1.54) is 19.2 Å². The van der Waals surface area contributed by atoms with E-state index in [1.54, 1.807) is 26.8 Å². The van der Waals surface area contributed by atoms with E-state index in [9.17, 15) is 18.1 Å². The fourth-order valence-corrected chi connectivity index (χ4v) is 3.98. The van der Waals surface area contributed by atoms with Crippen LogP contribution in [0.2, 0.25) is 0 Å². The maximum absolute atomic E-state index is 14.4. The van der Waals surface area contributed by atoms with E-state index in [4.69, 9.17) is 14.0 Å². The van der Waals surface area contributed by atoms with E-state index < -0.39 is 37.6 Å². The number of hydrogen-bond acceptors (Lipinski definition) is 6. The Hall–Kier alpha value is -2.02. The van der Waals surface area contributed by atoms with Crippen molar-refractivity contribution in [2.24, 2.45) is 0 Å². The van der Waals surface area contributed by atoms with Gasteiger partial charge in [0.15, 0.2) is 17.6 Å². The lowest BCUT2D eigenvalue weighted by atomic mass is 9.95. The summed E-state index contributed by atoms with van der Waals surface area (Å²) < 4.78 is 56.7. The predicted molar refractivity (Wildman–Crippen MR) is 112 cm³/mol. The van der Waals surface area contributed by atoms with Crippen LogP contribution in [0.5, 0.6) is 5.75 Å². The topological polar surface area (TPSA) is 73.9 Å². The monoisotopic (exact) mass is 443 g/mol. The molecule has 2 rings (SSSR count). The van der Waals surface area contributed by atoms with Crippen LogP contribution in [0.25, 0.3) is 10.8 Å². The van der Waals surface area contributed by atoms with Gasteiger partial charge >= 0.3 is 5.97 Å². The smallest absolute Gasteiger partial charge is 0.323 e. The highest BCUT2D eigenvalue weighted by Crippen LogP contribution is 2.38. The molecule has 166 valence electrons. The minimum absolute atomic E-state index is 0.128. The Kier molecular flexibility index (Phi) is 8.35. The van der Waals surface area contributed by atoms with Crippen LogP contribution in [0.3, 0.4) is 0 Å². The second kappa shape index (κ2) is 10.3. The fourth-order valence-electron chi connectivity index (χ4n) is 2.95.